The summed E-state index contributed by atoms with van der Waals surface area (Å²) in [6, 6.07) is 0. The molecule has 11 heavy (non-hydrogen) atoms. The maximum atomic E-state index is 5.46. The van der Waals surface area contributed by atoms with Crippen LogP contribution in [0.15, 0.2) is 0 Å². The second kappa shape index (κ2) is 4.29. The lowest BCUT2D eigenvalue weighted by Crippen LogP contribution is -2.28. The van der Waals surface area contributed by atoms with Gasteiger partial charge in [-0.2, -0.15) is 0 Å². The van der Waals surface area contributed by atoms with Gasteiger partial charge in [0.1, 0.15) is 0 Å². The van der Waals surface area contributed by atoms with Crippen LogP contribution >= 0.6 is 12.4 Å². The van der Waals surface area contributed by atoms with E-state index in [9.17, 15) is 0 Å². The molecule has 0 amide bonds. The lowest BCUT2D eigenvalue weighted by Gasteiger charge is -2.18. The molecule has 0 aromatic rings. The van der Waals surface area contributed by atoms with E-state index in [1.54, 1.807) is 0 Å². The van der Waals surface area contributed by atoms with Crippen LogP contribution in [0.2, 0.25) is 0 Å². The van der Waals surface area contributed by atoms with E-state index in [-0.39, 0.29) is 12.4 Å². The van der Waals surface area contributed by atoms with Crippen LogP contribution < -0.4 is 5.73 Å². The Hall–Kier alpha value is 0.210. The van der Waals surface area contributed by atoms with E-state index in [0.717, 1.165) is 13.1 Å². The van der Waals surface area contributed by atoms with E-state index >= 15 is 0 Å². The van der Waals surface area contributed by atoms with Gasteiger partial charge < -0.3 is 10.6 Å². The second-order valence-corrected chi connectivity index (χ2v) is 3.98. The molecule has 68 valence electrons. The van der Waals surface area contributed by atoms with Crippen molar-refractivity contribution in [2.75, 3.05) is 26.2 Å². The minimum atomic E-state index is 0. The maximum absolute atomic E-state index is 5.46. The number of halogens is 1. The van der Waals surface area contributed by atoms with Gasteiger partial charge in [-0.15, -0.1) is 12.4 Å². The van der Waals surface area contributed by atoms with Gasteiger partial charge in [-0.3, -0.25) is 0 Å². The molecule has 2 N–H and O–H groups in total. The molecule has 1 saturated heterocycles. The van der Waals surface area contributed by atoms with Crippen molar-refractivity contribution in [3.8, 4) is 0 Å². The van der Waals surface area contributed by atoms with Crippen LogP contribution in [0, 0.1) is 5.41 Å². The van der Waals surface area contributed by atoms with Gasteiger partial charge >= 0.3 is 0 Å². The van der Waals surface area contributed by atoms with E-state index in [0.29, 0.717) is 5.41 Å². The SMILES string of the molecule is CC1(C)CCN(CCN)C1.Cl. The summed E-state index contributed by atoms with van der Waals surface area (Å²) in [6.45, 7) is 8.99. The van der Waals surface area contributed by atoms with Crippen molar-refractivity contribution in [1.82, 2.24) is 4.90 Å². The maximum Gasteiger partial charge on any atom is 0.0105 e. The Morgan fingerprint density at radius 1 is 1.45 bits per heavy atom. The molecule has 0 aliphatic carbocycles. The normalized spacial score (nSPS) is 23.2. The lowest BCUT2D eigenvalue weighted by atomic mass is 9.93. The van der Waals surface area contributed by atoms with Gasteiger partial charge in [0, 0.05) is 19.6 Å². The number of hydrogen-bond donors (Lipinski definition) is 1. The molecule has 0 saturated carbocycles. The molecule has 0 unspecified atom stereocenters. The van der Waals surface area contributed by atoms with Crippen LogP contribution in [0.3, 0.4) is 0 Å². The fourth-order valence-corrected chi connectivity index (χ4v) is 1.60. The minimum absolute atomic E-state index is 0. The average molecular weight is 179 g/mol. The molecule has 0 radical (unpaired) electrons. The first kappa shape index (κ1) is 11.2. The zero-order valence-electron chi connectivity index (χ0n) is 7.47. The molecule has 1 aliphatic heterocycles. The molecule has 0 aromatic carbocycles. The van der Waals surface area contributed by atoms with Crippen molar-refractivity contribution < 1.29 is 0 Å². The Bertz CT molecular complexity index is 115. The van der Waals surface area contributed by atoms with Crippen molar-refractivity contribution in [1.29, 1.82) is 0 Å². The number of rotatable bonds is 2. The summed E-state index contributed by atoms with van der Waals surface area (Å²) in [5.74, 6) is 0. The molecule has 1 heterocycles. The third-order valence-corrected chi connectivity index (χ3v) is 2.20. The summed E-state index contributed by atoms with van der Waals surface area (Å²) >= 11 is 0. The summed E-state index contributed by atoms with van der Waals surface area (Å²) in [5, 5.41) is 0. The summed E-state index contributed by atoms with van der Waals surface area (Å²) in [7, 11) is 0. The molecule has 0 aromatic heterocycles. The van der Waals surface area contributed by atoms with Crippen LogP contribution in [-0.4, -0.2) is 31.1 Å². The minimum Gasteiger partial charge on any atom is -0.329 e. The third-order valence-electron chi connectivity index (χ3n) is 2.20. The Morgan fingerprint density at radius 3 is 2.45 bits per heavy atom. The molecular formula is C8H19ClN2. The number of nitrogens with zero attached hydrogens (tertiary/aromatic N) is 1. The van der Waals surface area contributed by atoms with Crippen LogP contribution in [-0.2, 0) is 0 Å². The van der Waals surface area contributed by atoms with Gasteiger partial charge in [-0.25, -0.2) is 0 Å². The number of nitrogens with two attached hydrogens (primary N) is 1. The first-order chi connectivity index (χ1) is 4.64. The topological polar surface area (TPSA) is 29.3 Å². The average Bonchev–Trinajstić information content (AvgIpc) is 2.12. The van der Waals surface area contributed by atoms with Crippen LogP contribution in [0.4, 0.5) is 0 Å². The highest BCUT2D eigenvalue weighted by Gasteiger charge is 2.27. The smallest absolute Gasteiger partial charge is 0.0105 e. The van der Waals surface area contributed by atoms with Crippen LogP contribution in [0.25, 0.3) is 0 Å². The molecular weight excluding hydrogens is 160 g/mol. The molecule has 2 nitrogen and oxygen atoms in total. The van der Waals surface area contributed by atoms with E-state index in [2.05, 4.69) is 18.7 Å². The monoisotopic (exact) mass is 178 g/mol. The first-order valence-electron chi connectivity index (χ1n) is 4.06. The molecule has 0 bridgehead atoms. The highest BCUT2D eigenvalue weighted by molar-refractivity contribution is 5.85. The highest BCUT2D eigenvalue weighted by Crippen LogP contribution is 2.27. The Labute approximate surface area is 75.5 Å². The van der Waals surface area contributed by atoms with Crippen LogP contribution in [0.5, 0.6) is 0 Å². The van der Waals surface area contributed by atoms with E-state index in [1.807, 2.05) is 0 Å². The van der Waals surface area contributed by atoms with Gasteiger partial charge in [0.25, 0.3) is 0 Å². The van der Waals surface area contributed by atoms with Crippen molar-refractivity contribution >= 4 is 12.4 Å². The Morgan fingerprint density at radius 2 is 2.09 bits per heavy atom. The molecule has 1 rings (SSSR count). The molecule has 1 aliphatic rings. The van der Waals surface area contributed by atoms with Gasteiger partial charge in [0.15, 0.2) is 0 Å². The molecule has 3 heteroatoms. The summed E-state index contributed by atoms with van der Waals surface area (Å²) in [4.78, 5) is 2.44. The zero-order chi connectivity index (χ0) is 7.61. The Balaban J connectivity index is 0.000001000. The van der Waals surface area contributed by atoms with E-state index < -0.39 is 0 Å². The van der Waals surface area contributed by atoms with E-state index in [4.69, 9.17) is 5.73 Å². The van der Waals surface area contributed by atoms with Gasteiger partial charge in [-0.05, 0) is 18.4 Å². The molecule has 1 fully saturated rings. The zero-order valence-corrected chi connectivity index (χ0v) is 8.28. The quantitative estimate of drug-likeness (QED) is 0.687. The highest BCUT2D eigenvalue weighted by atomic mass is 35.5. The van der Waals surface area contributed by atoms with Crippen LogP contribution in [0.1, 0.15) is 20.3 Å². The number of hydrogen-bond acceptors (Lipinski definition) is 2. The summed E-state index contributed by atoms with van der Waals surface area (Å²) in [5.41, 5.74) is 5.99. The lowest BCUT2D eigenvalue weighted by molar-refractivity contribution is 0.297. The third kappa shape index (κ3) is 3.41. The fourth-order valence-electron chi connectivity index (χ4n) is 1.60. The largest absolute Gasteiger partial charge is 0.329 e. The predicted molar refractivity (Wildman–Crippen MR) is 51.1 cm³/mol. The standard InChI is InChI=1S/C8H18N2.ClH/c1-8(2)3-5-10(7-8)6-4-9;/h3-7,9H2,1-2H3;1H. The van der Waals surface area contributed by atoms with Crippen molar-refractivity contribution in [2.24, 2.45) is 11.1 Å². The van der Waals surface area contributed by atoms with Gasteiger partial charge in [0.05, 0.1) is 0 Å². The fraction of sp³-hybridized carbons (Fsp3) is 1.00. The Kier molecular flexibility index (Phi) is 4.37. The number of likely N-dealkylation sites (tertiary alicyclic amines) is 1. The second-order valence-electron chi connectivity index (χ2n) is 3.98. The molecule has 0 spiro atoms. The van der Waals surface area contributed by atoms with Crippen molar-refractivity contribution in [2.45, 2.75) is 20.3 Å². The van der Waals surface area contributed by atoms with Crippen molar-refractivity contribution in [3.63, 3.8) is 0 Å². The first-order valence-corrected chi connectivity index (χ1v) is 4.06. The molecule has 0 atom stereocenters. The van der Waals surface area contributed by atoms with Gasteiger partial charge in [0.2, 0.25) is 0 Å². The summed E-state index contributed by atoms with van der Waals surface area (Å²) in [6.07, 6.45) is 1.33. The van der Waals surface area contributed by atoms with Crippen molar-refractivity contribution in [3.05, 3.63) is 0 Å². The summed E-state index contributed by atoms with van der Waals surface area (Å²) < 4.78 is 0. The van der Waals surface area contributed by atoms with Gasteiger partial charge in [-0.1, -0.05) is 13.8 Å². The predicted octanol–water partition coefficient (Wildman–Crippen LogP) is 1.10. The van der Waals surface area contributed by atoms with E-state index in [1.165, 1.54) is 19.5 Å².